The maximum absolute atomic E-state index is 5.40. The van der Waals surface area contributed by atoms with Crippen LogP contribution in [0.15, 0.2) is 36.4 Å². The predicted octanol–water partition coefficient (Wildman–Crippen LogP) is 2.80. The van der Waals surface area contributed by atoms with E-state index >= 15 is 0 Å². The zero-order valence-corrected chi connectivity index (χ0v) is 12.8. The monoisotopic (exact) mass is 286 g/mol. The van der Waals surface area contributed by atoms with Gasteiger partial charge in [0.15, 0.2) is 0 Å². The highest BCUT2D eigenvalue weighted by molar-refractivity contribution is 5.67. The van der Waals surface area contributed by atoms with E-state index in [4.69, 9.17) is 14.5 Å². The van der Waals surface area contributed by atoms with Crippen LogP contribution in [-0.4, -0.2) is 32.4 Å². The first-order valence-electron chi connectivity index (χ1n) is 7.06. The lowest BCUT2D eigenvalue weighted by Crippen LogP contribution is -2.19. The van der Waals surface area contributed by atoms with Gasteiger partial charge in [0.05, 0.1) is 19.4 Å². The number of hydrogen-bond donors (Lipinski definition) is 1. The van der Waals surface area contributed by atoms with E-state index in [0.29, 0.717) is 6.61 Å². The van der Waals surface area contributed by atoms with Gasteiger partial charge in [-0.05, 0) is 30.7 Å². The van der Waals surface area contributed by atoms with Gasteiger partial charge in [0, 0.05) is 31.5 Å². The third-order valence-electron chi connectivity index (χ3n) is 3.38. The van der Waals surface area contributed by atoms with Crippen molar-refractivity contribution in [2.75, 3.05) is 27.4 Å². The zero-order valence-electron chi connectivity index (χ0n) is 12.8. The van der Waals surface area contributed by atoms with Crippen LogP contribution < -0.4 is 10.1 Å². The summed E-state index contributed by atoms with van der Waals surface area (Å²) in [6.07, 6.45) is 0. The fourth-order valence-electron chi connectivity index (χ4n) is 2.18. The lowest BCUT2D eigenvalue weighted by atomic mass is 10.1. The number of aryl methyl sites for hydroxylation is 1. The number of methoxy groups -OCH3 is 2. The molecule has 0 atom stereocenters. The third-order valence-corrected chi connectivity index (χ3v) is 3.38. The van der Waals surface area contributed by atoms with Crippen LogP contribution in [0.4, 0.5) is 0 Å². The summed E-state index contributed by atoms with van der Waals surface area (Å²) in [4.78, 5) is 4.70. The Balaban J connectivity index is 2.15. The van der Waals surface area contributed by atoms with Crippen molar-refractivity contribution in [3.63, 3.8) is 0 Å². The first-order valence-corrected chi connectivity index (χ1v) is 7.06. The first-order chi connectivity index (χ1) is 10.3. The molecule has 2 aromatic rings. The Morgan fingerprint density at radius 3 is 2.62 bits per heavy atom. The van der Waals surface area contributed by atoms with Gasteiger partial charge in [-0.25, -0.2) is 0 Å². The van der Waals surface area contributed by atoms with Crippen molar-refractivity contribution in [3.8, 4) is 17.0 Å². The molecule has 0 bridgehead atoms. The molecular formula is C17H22N2O2. The minimum absolute atomic E-state index is 0.714. The topological polar surface area (TPSA) is 43.4 Å². The molecule has 0 amide bonds. The lowest BCUT2D eigenvalue weighted by molar-refractivity contribution is 0.199. The van der Waals surface area contributed by atoms with Gasteiger partial charge >= 0.3 is 0 Å². The van der Waals surface area contributed by atoms with E-state index in [1.165, 1.54) is 5.56 Å². The molecule has 21 heavy (non-hydrogen) atoms. The van der Waals surface area contributed by atoms with Crippen LogP contribution in [0.2, 0.25) is 0 Å². The summed E-state index contributed by atoms with van der Waals surface area (Å²) in [6.45, 7) is 4.39. The number of benzene rings is 1. The first kappa shape index (κ1) is 15.5. The highest BCUT2D eigenvalue weighted by Crippen LogP contribution is 2.28. The molecule has 112 valence electrons. The second-order valence-corrected chi connectivity index (χ2v) is 4.81. The van der Waals surface area contributed by atoms with E-state index in [1.54, 1.807) is 14.2 Å². The smallest absolute Gasteiger partial charge is 0.128 e. The van der Waals surface area contributed by atoms with Gasteiger partial charge in [0.1, 0.15) is 5.75 Å². The van der Waals surface area contributed by atoms with E-state index in [2.05, 4.69) is 11.4 Å². The third kappa shape index (κ3) is 4.03. The van der Waals surface area contributed by atoms with Gasteiger partial charge in [0.25, 0.3) is 0 Å². The Labute approximate surface area is 126 Å². The van der Waals surface area contributed by atoms with Gasteiger partial charge in [-0.2, -0.15) is 0 Å². The fraction of sp³-hybridized carbons (Fsp3) is 0.353. The average molecular weight is 286 g/mol. The molecule has 0 aliphatic heterocycles. The quantitative estimate of drug-likeness (QED) is 0.795. The van der Waals surface area contributed by atoms with Crippen molar-refractivity contribution >= 4 is 0 Å². The maximum Gasteiger partial charge on any atom is 0.128 e. The minimum atomic E-state index is 0.714. The summed E-state index contributed by atoms with van der Waals surface area (Å²) in [6, 6.07) is 12.1. The Bertz CT molecular complexity index is 585. The van der Waals surface area contributed by atoms with Crippen molar-refractivity contribution in [2.24, 2.45) is 0 Å². The molecule has 0 spiro atoms. The Morgan fingerprint density at radius 1 is 1.10 bits per heavy atom. The Hall–Kier alpha value is -1.91. The van der Waals surface area contributed by atoms with E-state index in [-0.39, 0.29) is 0 Å². The van der Waals surface area contributed by atoms with Gasteiger partial charge < -0.3 is 14.8 Å². The van der Waals surface area contributed by atoms with Crippen LogP contribution >= 0.6 is 0 Å². The second kappa shape index (κ2) is 7.76. The van der Waals surface area contributed by atoms with Crippen LogP contribution in [0.25, 0.3) is 11.3 Å². The number of ether oxygens (including phenoxy) is 2. The molecule has 1 aromatic carbocycles. The number of nitrogens with one attached hydrogen (secondary N) is 1. The minimum Gasteiger partial charge on any atom is -0.496 e. The molecule has 1 N–H and O–H groups in total. The van der Waals surface area contributed by atoms with Gasteiger partial charge in [-0.3, -0.25) is 4.98 Å². The summed E-state index contributed by atoms with van der Waals surface area (Å²) in [7, 11) is 3.39. The van der Waals surface area contributed by atoms with E-state index < -0.39 is 0 Å². The number of hydrogen-bond acceptors (Lipinski definition) is 4. The molecule has 0 radical (unpaired) electrons. The van der Waals surface area contributed by atoms with Gasteiger partial charge in [0.2, 0.25) is 0 Å². The van der Waals surface area contributed by atoms with Crippen molar-refractivity contribution in [1.82, 2.24) is 10.3 Å². The lowest BCUT2D eigenvalue weighted by Gasteiger charge is -2.11. The Kier molecular flexibility index (Phi) is 5.72. The molecule has 1 aromatic heterocycles. The molecule has 0 unspecified atom stereocenters. The summed E-state index contributed by atoms with van der Waals surface area (Å²) in [5, 5.41) is 3.34. The van der Waals surface area contributed by atoms with Crippen LogP contribution in [0.3, 0.4) is 0 Å². The van der Waals surface area contributed by atoms with Gasteiger partial charge in [-0.1, -0.05) is 18.2 Å². The maximum atomic E-state index is 5.40. The second-order valence-electron chi connectivity index (χ2n) is 4.81. The number of pyridine rings is 1. The van der Waals surface area contributed by atoms with Gasteiger partial charge in [-0.15, -0.1) is 0 Å². The molecule has 4 heteroatoms. The molecule has 4 nitrogen and oxygen atoms in total. The number of rotatable bonds is 7. The van der Waals surface area contributed by atoms with Crippen molar-refractivity contribution in [1.29, 1.82) is 0 Å². The average Bonchev–Trinajstić information content (AvgIpc) is 2.52. The SMILES string of the molecule is COCCNCc1ccc(-c2ccccc2OC)nc1C. The van der Waals surface area contributed by atoms with Crippen molar-refractivity contribution in [2.45, 2.75) is 13.5 Å². The summed E-state index contributed by atoms with van der Waals surface area (Å²) in [5.74, 6) is 0.843. The molecule has 0 aliphatic carbocycles. The Morgan fingerprint density at radius 2 is 1.90 bits per heavy atom. The highest BCUT2D eigenvalue weighted by atomic mass is 16.5. The summed E-state index contributed by atoms with van der Waals surface area (Å²) < 4.78 is 10.4. The fourth-order valence-corrected chi connectivity index (χ4v) is 2.18. The number of aromatic nitrogens is 1. The standard InChI is InChI=1S/C17H22N2O2/c1-13-14(12-18-10-11-20-2)8-9-16(19-13)15-6-4-5-7-17(15)21-3/h4-9,18H,10-12H2,1-3H3. The predicted molar refractivity (Wildman–Crippen MR) is 84.5 cm³/mol. The van der Waals surface area contributed by atoms with Crippen molar-refractivity contribution < 1.29 is 9.47 Å². The molecule has 0 aliphatic rings. The molecule has 1 heterocycles. The van der Waals surface area contributed by atoms with Crippen LogP contribution in [0.5, 0.6) is 5.75 Å². The number of para-hydroxylation sites is 1. The number of nitrogens with zero attached hydrogens (tertiary/aromatic N) is 1. The highest BCUT2D eigenvalue weighted by Gasteiger charge is 2.08. The summed E-state index contributed by atoms with van der Waals surface area (Å²) in [5.41, 5.74) is 4.18. The van der Waals surface area contributed by atoms with Crippen LogP contribution in [-0.2, 0) is 11.3 Å². The van der Waals surface area contributed by atoms with Crippen LogP contribution in [0, 0.1) is 6.92 Å². The molecule has 0 fully saturated rings. The summed E-state index contributed by atoms with van der Waals surface area (Å²) >= 11 is 0. The van der Waals surface area contributed by atoms with E-state index in [9.17, 15) is 0 Å². The van der Waals surface area contributed by atoms with E-state index in [0.717, 1.165) is 35.8 Å². The van der Waals surface area contributed by atoms with Crippen molar-refractivity contribution in [3.05, 3.63) is 47.7 Å². The molecule has 2 rings (SSSR count). The largest absolute Gasteiger partial charge is 0.496 e. The van der Waals surface area contributed by atoms with E-state index in [1.807, 2.05) is 37.3 Å². The van der Waals surface area contributed by atoms with Crippen LogP contribution in [0.1, 0.15) is 11.3 Å². The molecule has 0 saturated heterocycles. The zero-order chi connectivity index (χ0) is 15.1. The molecule has 0 saturated carbocycles. The molecular weight excluding hydrogens is 264 g/mol. The normalized spacial score (nSPS) is 10.6.